The number of rotatable bonds is 6. The number of hydrogen-bond donors (Lipinski definition) is 4. The SMILES string of the molecule is NC(=O)O[C@@H](CC1CCCCC1)[C@H](O)C(O)CO. The first-order valence-electron chi connectivity index (χ1n) is 6.47. The Morgan fingerprint density at radius 3 is 2.39 bits per heavy atom. The van der Waals surface area contributed by atoms with Gasteiger partial charge >= 0.3 is 6.09 Å². The van der Waals surface area contributed by atoms with Crippen LogP contribution in [0.25, 0.3) is 0 Å². The summed E-state index contributed by atoms with van der Waals surface area (Å²) in [4.78, 5) is 10.8. The Morgan fingerprint density at radius 2 is 1.89 bits per heavy atom. The molecule has 1 rings (SSSR count). The van der Waals surface area contributed by atoms with E-state index in [4.69, 9.17) is 15.6 Å². The van der Waals surface area contributed by atoms with E-state index in [0.29, 0.717) is 12.3 Å². The third-order valence-corrected chi connectivity index (χ3v) is 3.52. The van der Waals surface area contributed by atoms with Crippen LogP contribution in [0.2, 0.25) is 0 Å². The molecule has 0 bridgehead atoms. The number of aliphatic hydroxyl groups is 3. The summed E-state index contributed by atoms with van der Waals surface area (Å²) < 4.78 is 4.86. The summed E-state index contributed by atoms with van der Waals surface area (Å²) in [6, 6.07) is 0. The molecule has 1 unspecified atom stereocenters. The Hall–Kier alpha value is -0.850. The predicted octanol–water partition coefficient (Wildman–Crippen LogP) is 0.135. The van der Waals surface area contributed by atoms with Crippen LogP contribution in [0.1, 0.15) is 38.5 Å². The van der Waals surface area contributed by atoms with Gasteiger partial charge in [-0.1, -0.05) is 32.1 Å². The lowest BCUT2D eigenvalue weighted by Crippen LogP contribution is -2.44. The van der Waals surface area contributed by atoms with Crippen LogP contribution >= 0.6 is 0 Å². The van der Waals surface area contributed by atoms with E-state index >= 15 is 0 Å². The molecule has 0 aromatic carbocycles. The highest BCUT2D eigenvalue weighted by molar-refractivity contribution is 5.64. The molecule has 106 valence electrons. The van der Waals surface area contributed by atoms with Crippen molar-refractivity contribution in [1.29, 1.82) is 0 Å². The monoisotopic (exact) mass is 261 g/mol. The van der Waals surface area contributed by atoms with Gasteiger partial charge < -0.3 is 25.8 Å². The van der Waals surface area contributed by atoms with Crippen LogP contribution in [0.15, 0.2) is 0 Å². The van der Waals surface area contributed by atoms with Crippen molar-refractivity contribution in [2.75, 3.05) is 6.61 Å². The molecule has 1 amide bonds. The molecule has 0 aliphatic heterocycles. The molecule has 3 atom stereocenters. The van der Waals surface area contributed by atoms with Crippen LogP contribution in [0.5, 0.6) is 0 Å². The summed E-state index contributed by atoms with van der Waals surface area (Å²) in [5, 5.41) is 28.0. The van der Waals surface area contributed by atoms with Crippen molar-refractivity contribution in [3.63, 3.8) is 0 Å². The summed E-state index contributed by atoms with van der Waals surface area (Å²) >= 11 is 0. The van der Waals surface area contributed by atoms with Crippen LogP contribution in [-0.2, 0) is 4.74 Å². The number of carbonyl (C=O) groups excluding carboxylic acids is 1. The molecule has 1 fully saturated rings. The van der Waals surface area contributed by atoms with Gasteiger partial charge in [-0.2, -0.15) is 0 Å². The van der Waals surface area contributed by atoms with Crippen molar-refractivity contribution >= 4 is 6.09 Å². The van der Waals surface area contributed by atoms with Crippen LogP contribution in [0, 0.1) is 5.92 Å². The zero-order chi connectivity index (χ0) is 13.5. The van der Waals surface area contributed by atoms with E-state index in [-0.39, 0.29) is 0 Å². The molecule has 6 nitrogen and oxygen atoms in total. The molecule has 0 saturated heterocycles. The number of carbonyl (C=O) groups is 1. The fraction of sp³-hybridized carbons (Fsp3) is 0.917. The van der Waals surface area contributed by atoms with E-state index in [2.05, 4.69) is 0 Å². The van der Waals surface area contributed by atoms with Crippen molar-refractivity contribution < 1.29 is 24.9 Å². The molecule has 0 heterocycles. The van der Waals surface area contributed by atoms with E-state index in [1.165, 1.54) is 6.42 Å². The lowest BCUT2D eigenvalue weighted by molar-refractivity contribution is -0.0854. The van der Waals surface area contributed by atoms with Gasteiger partial charge in [0.1, 0.15) is 18.3 Å². The highest BCUT2D eigenvalue weighted by atomic mass is 16.6. The molecular weight excluding hydrogens is 238 g/mol. The summed E-state index contributed by atoms with van der Waals surface area (Å²) in [5.74, 6) is 0.364. The molecule has 5 N–H and O–H groups in total. The zero-order valence-electron chi connectivity index (χ0n) is 10.5. The minimum atomic E-state index is -1.32. The topological polar surface area (TPSA) is 113 Å². The first kappa shape index (κ1) is 15.2. The summed E-state index contributed by atoms with van der Waals surface area (Å²) in [5.41, 5.74) is 4.96. The maximum Gasteiger partial charge on any atom is 0.404 e. The van der Waals surface area contributed by atoms with Crippen molar-refractivity contribution in [1.82, 2.24) is 0 Å². The van der Waals surface area contributed by atoms with Gasteiger partial charge in [0, 0.05) is 0 Å². The minimum absolute atomic E-state index is 0.364. The third-order valence-electron chi connectivity index (χ3n) is 3.52. The molecule has 0 aromatic heterocycles. The van der Waals surface area contributed by atoms with E-state index < -0.39 is 31.0 Å². The van der Waals surface area contributed by atoms with E-state index in [1.54, 1.807) is 0 Å². The van der Waals surface area contributed by atoms with Gasteiger partial charge in [0.25, 0.3) is 0 Å². The third kappa shape index (κ3) is 4.80. The molecule has 0 aromatic rings. The smallest absolute Gasteiger partial charge is 0.404 e. The molecule has 0 spiro atoms. The number of ether oxygens (including phenoxy) is 1. The highest BCUT2D eigenvalue weighted by Crippen LogP contribution is 2.29. The Morgan fingerprint density at radius 1 is 1.28 bits per heavy atom. The molecule has 1 aliphatic rings. The highest BCUT2D eigenvalue weighted by Gasteiger charge is 2.31. The predicted molar refractivity (Wildman–Crippen MR) is 64.7 cm³/mol. The Labute approximate surface area is 107 Å². The Balaban J connectivity index is 2.55. The van der Waals surface area contributed by atoms with Gasteiger partial charge in [-0.25, -0.2) is 4.79 Å². The summed E-state index contributed by atoms with van der Waals surface area (Å²) in [6.45, 7) is -0.579. The van der Waals surface area contributed by atoms with Crippen molar-refractivity contribution in [2.24, 2.45) is 11.7 Å². The quantitative estimate of drug-likeness (QED) is 0.543. The lowest BCUT2D eigenvalue weighted by atomic mass is 9.84. The second kappa shape index (κ2) is 7.56. The average molecular weight is 261 g/mol. The van der Waals surface area contributed by atoms with E-state index in [0.717, 1.165) is 25.7 Å². The maximum atomic E-state index is 10.8. The first-order chi connectivity index (χ1) is 8.54. The fourth-order valence-corrected chi connectivity index (χ4v) is 2.51. The second-order valence-corrected chi connectivity index (χ2v) is 4.96. The van der Waals surface area contributed by atoms with Crippen LogP contribution in [-0.4, -0.2) is 46.3 Å². The Bertz CT molecular complexity index is 255. The normalized spacial score (nSPS) is 22.2. The molecular formula is C12H23NO5. The largest absolute Gasteiger partial charge is 0.444 e. The molecule has 18 heavy (non-hydrogen) atoms. The number of aliphatic hydroxyl groups excluding tert-OH is 3. The van der Waals surface area contributed by atoms with Gasteiger partial charge in [0.15, 0.2) is 0 Å². The van der Waals surface area contributed by atoms with Crippen LogP contribution < -0.4 is 5.73 Å². The second-order valence-electron chi connectivity index (χ2n) is 4.96. The van der Waals surface area contributed by atoms with Crippen molar-refractivity contribution in [2.45, 2.75) is 56.8 Å². The van der Waals surface area contributed by atoms with Gasteiger partial charge in [-0.05, 0) is 12.3 Å². The number of primary amides is 1. The standard InChI is InChI=1S/C12H23NO5/c13-12(17)18-10(11(16)9(15)7-14)6-8-4-2-1-3-5-8/h8-11,14-16H,1-7H2,(H2,13,17)/t9?,10-,11+/m0/s1. The van der Waals surface area contributed by atoms with E-state index in [1.807, 2.05) is 0 Å². The molecule has 6 heteroatoms. The van der Waals surface area contributed by atoms with Gasteiger partial charge in [-0.3, -0.25) is 0 Å². The number of hydrogen-bond acceptors (Lipinski definition) is 5. The molecule has 1 aliphatic carbocycles. The number of amides is 1. The molecule has 1 saturated carbocycles. The maximum absolute atomic E-state index is 10.8. The van der Waals surface area contributed by atoms with Gasteiger partial charge in [0.05, 0.1) is 6.61 Å². The van der Waals surface area contributed by atoms with Crippen LogP contribution in [0.4, 0.5) is 4.79 Å². The van der Waals surface area contributed by atoms with Crippen LogP contribution in [0.3, 0.4) is 0 Å². The average Bonchev–Trinajstić information content (AvgIpc) is 2.37. The minimum Gasteiger partial charge on any atom is -0.444 e. The van der Waals surface area contributed by atoms with Gasteiger partial charge in [0.2, 0.25) is 0 Å². The zero-order valence-corrected chi connectivity index (χ0v) is 10.5. The van der Waals surface area contributed by atoms with Crippen molar-refractivity contribution in [3.8, 4) is 0 Å². The first-order valence-corrected chi connectivity index (χ1v) is 6.47. The summed E-state index contributed by atoms with van der Waals surface area (Å²) in [6.07, 6.45) is 1.55. The number of nitrogens with two attached hydrogens (primary N) is 1. The van der Waals surface area contributed by atoms with Gasteiger partial charge in [-0.15, -0.1) is 0 Å². The lowest BCUT2D eigenvalue weighted by Gasteiger charge is -2.30. The fourth-order valence-electron chi connectivity index (χ4n) is 2.51. The van der Waals surface area contributed by atoms with E-state index in [9.17, 15) is 15.0 Å². The Kier molecular flexibility index (Phi) is 6.38. The molecule has 0 radical (unpaired) electrons. The van der Waals surface area contributed by atoms with Crippen molar-refractivity contribution in [3.05, 3.63) is 0 Å². The summed E-state index contributed by atoms with van der Waals surface area (Å²) in [7, 11) is 0.